The minimum absolute atomic E-state index is 0.118. The number of amides is 1. The number of non-ortho nitro benzene ring substituents is 1. The topological polar surface area (TPSA) is 120 Å². The van der Waals surface area contributed by atoms with Crippen molar-refractivity contribution < 1.29 is 24.0 Å². The van der Waals surface area contributed by atoms with Crippen LogP contribution in [0, 0.1) is 10.1 Å². The normalized spacial score (nSPS) is 10.3. The van der Waals surface area contributed by atoms with E-state index in [1.54, 1.807) is 18.2 Å². The van der Waals surface area contributed by atoms with Gasteiger partial charge in [0.05, 0.1) is 23.8 Å². The third-order valence-electron chi connectivity index (χ3n) is 2.94. The van der Waals surface area contributed by atoms with Crippen LogP contribution in [0.4, 0.5) is 10.5 Å². The Labute approximate surface area is 142 Å². The zero-order valence-corrected chi connectivity index (χ0v) is 13.0. The highest BCUT2D eigenvalue weighted by Crippen LogP contribution is 2.16. The molecule has 1 amide bonds. The second kappa shape index (κ2) is 8.20. The van der Waals surface area contributed by atoms with Gasteiger partial charge in [0.25, 0.3) is 5.69 Å². The number of hydrogen-bond acceptors (Lipinski definition) is 7. The quantitative estimate of drug-likeness (QED) is 0.293. The van der Waals surface area contributed by atoms with E-state index in [0.717, 1.165) is 0 Å². The molecule has 0 aliphatic rings. The zero-order valence-electron chi connectivity index (χ0n) is 13.0. The van der Waals surface area contributed by atoms with E-state index < -0.39 is 17.0 Å². The molecule has 0 aliphatic carbocycles. The molecule has 0 heterocycles. The molecular weight excluding hydrogens is 330 g/mol. The first kappa shape index (κ1) is 17.6. The average molecular weight is 343 g/mol. The molecule has 1 N–H and O–H groups in total. The van der Waals surface area contributed by atoms with E-state index in [1.807, 2.05) is 0 Å². The molecule has 25 heavy (non-hydrogen) atoms. The molecular formula is C16H13N3O6. The Kier molecular flexibility index (Phi) is 5.77. The van der Waals surface area contributed by atoms with Crippen LogP contribution in [-0.4, -0.2) is 30.3 Å². The molecule has 0 fully saturated rings. The Morgan fingerprint density at radius 1 is 1.20 bits per heavy atom. The lowest BCUT2D eigenvalue weighted by atomic mass is 10.2. The Bertz CT molecular complexity index is 817. The fraction of sp³-hybridized carbons (Fsp3) is 0.0625. The summed E-state index contributed by atoms with van der Waals surface area (Å²) in [5, 5.41) is 14.3. The van der Waals surface area contributed by atoms with Crippen LogP contribution in [0.1, 0.15) is 15.9 Å². The Morgan fingerprint density at radius 2 is 1.92 bits per heavy atom. The number of ether oxygens (including phenoxy) is 2. The van der Waals surface area contributed by atoms with Crippen molar-refractivity contribution in [3.05, 3.63) is 69.8 Å². The van der Waals surface area contributed by atoms with Crippen LogP contribution in [0.2, 0.25) is 0 Å². The van der Waals surface area contributed by atoms with Crippen LogP contribution < -0.4 is 10.2 Å². The van der Waals surface area contributed by atoms with Gasteiger partial charge in [-0.3, -0.25) is 10.1 Å². The summed E-state index contributed by atoms with van der Waals surface area (Å²) in [6.45, 7) is 0. The highest BCUT2D eigenvalue weighted by molar-refractivity contribution is 5.91. The maximum atomic E-state index is 12.0. The molecule has 0 spiro atoms. The van der Waals surface area contributed by atoms with Crippen LogP contribution in [0.3, 0.4) is 0 Å². The smallest absolute Gasteiger partial charge is 0.427 e. The Balaban J connectivity index is 2.04. The maximum absolute atomic E-state index is 12.0. The highest BCUT2D eigenvalue weighted by atomic mass is 16.6. The van der Waals surface area contributed by atoms with Gasteiger partial charge in [-0.1, -0.05) is 12.1 Å². The van der Waals surface area contributed by atoms with Crippen LogP contribution >= 0.6 is 0 Å². The first-order valence-electron chi connectivity index (χ1n) is 6.93. The predicted octanol–water partition coefficient (Wildman–Crippen LogP) is 2.50. The van der Waals surface area contributed by atoms with Gasteiger partial charge in [-0.2, -0.15) is 5.10 Å². The fourth-order valence-electron chi connectivity index (χ4n) is 1.75. The van der Waals surface area contributed by atoms with Gasteiger partial charge in [-0.05, 0) is 29.8 Å². The van der Waals surface area contributed by atoms with Crippen LogP contribution in [0.25, 0.3) is 0 Å². The summed E-state index contributed by atoms with van der Waals surface area (Å²) in [4.78, 5) is 33.0. The Morgan fingerprint density at radius 3 is 2.56 bits per heavy atom. The van der Waals surface area contributed by atoms with E-state index in [2.05, 4.69) is 15.3 Å². The van der Waals surface area contributed by atoms with Crippen molar-refractivity contribution >= 4 is 24.0 Å². The maximum Gasteiger partial charge on any atom is 0.427 e. The molecule has 2 rings (SSSR count). The molecule has 0 saturated carbocycles. The van der Waals surface area contributed by atoms with Crippen LogP contribution in [0.5, 0.6) is 5.75 Å². The van der Waals surface area contributed by atoms with Gasteiger partial charge in [0.2, 0.25) is 0 Å². The van der Waals surface area contributed by atoms with Crippen molar-refractivity contribution in [2.24, 2.45) is 5.10 Å². The molecule has 2 aromatic carbocycles. The molecule has 9 nitrogen and oxygen atoms in total. The van der Waals surface area contributed by atoms with Gasteiger partial charge in [0, 0.05) is 12.1 Å². The highest BCUT2D eigenvalue weighted by Gasteiger charge is 2.11. The number of nitrogens with zero attached hydrogens (tertiary/aromatic N) is 2. The third-order valence-corrected chi connectivity index (χ3v) is 2.94. The van der Waals surface area contributed by atoms with Crippen molar-refractivity contribution in [3.63, 3.8) is 0 Å². The van der Waals surface area contributed by atoms with Crippen LogP contribution in [0.15, 0.2) is 53.6 Å². The van der Waals surface area contributed by atoms with Crippen molar-refractivity contribution in [2.45, 2.75) is 0 Å². The average Bonchev–Trinajstić information content (AvgIpc) is 2.62. The minimum atomic E-state index is -0.711. The van der Waals surface area contributed by atoms with E-state index in [-0.39, 0.29) is 17.0 Å². The summed E-state index contributed by atoms with van der Waals surface area (Å²) >= 11 is 0. The first-order chi connectivity index (χ1) is 12.0. The number of rotatable bonds is 5. The van der Waals surface area contributed by atoms with E-state index in [4.69, 9.17) is 4.74 Å². The number of nitro benzene ring substituents is 1. The number of esters is 1. The lowest BCUT2D eigenvalue weighted by molar-refractivity contribution is -0.384. The number of benzene rings is 2. The standard InChI is InChI=1S/C16H13N3O6/c1-24-16(21)18-17-10-11-3-2-4-14(9-11)25-15(20)12-5-7-13(8-6-12)19(22)23/h2-10H,1H3,(H,18,21). The van der Waals surface area contributed by atoms with Crippen LogP contribution in [-0.2, 0) is 4.74 Å². The van der Waals surface area contributed by atoms with Crippen molar-refractivity contribution in [2.75, 3.05) is 7.11 Å². The number of carbonyl (C=O) groups is 2. The van der Waals surface area contributed by atoms with Gasteiger partial charge in [-0.25, -0.2) is 15.0 Å². The molecule has 0 unspecified atom stereocenters. The molecule has 128 valence electrons. The summed E-state index contributed by atoms with van der Waals surface area (Å²) in [6.07, 6.45) is 0.636. The summed E-state index contributed by atoms with van der Waals surface area (Å²) in [6, 6.07) is 11.5. The predicted molar refractivity (Wildman–Crippen MR) is 87.6 cm³/mol. The van der Waals surface area contributed by atoms with Gasteiger partial charge < -0.3 is 9.47 Å². The monoisotopic (exact) mass is 343 g/mol. The molecule has 0 aromatic heterocycles. The van der Waals surface area contributed by atoms with Gasteiger partial charge in [0.1, 0.15) is 5.75 Å². The number of methoxy groups -OCH3 is 1. The second-order valence-electron chi connectivity index (χ2n) is 4.63. The lowest BCUT2D eigenvalue weighted by Gasteiger charge is -2.05. The molecule has 9 heteroatoms. The molecule has 2 aromatic rings. The second-order valence-corrected chi connectivity index (χ2v) is 4.63. The number of carbonyl (C=O) groups excluding carboxylic acids is 2. The lowest BCUT2D eigenvalue weighted by Crippen LogP contribution is -2.16. The zero-order chi connectivity index (χ0) is 18.2. The van der Waals surface area contributed by atoms with Crippen molar-refractivity contribution in [3.8, 4) is 5.75 Å². The Hall–Kier alpha value is -3.75. The first-order valence-corrected chi connectivity index (χ1v) is 6.93. The summed E-state index contributed by atoms with van der Waals surface area (Å²) < 4.78 is 9.57. The minimum Gasteiger partial charge on any atom is -0.452 e. The van der Waals surface area contributed by atoms with E-state index >= 15 is 0 Å². The number of hydrogen-bond donors (Lipinski definition) is 1. The molecule has 0 aliphatic heterocycles. The summed E-state index contributed by atoms with van der Waals surface area (Å²) in [7, 11) is 1.21. The number of nitro groups is 1. The fourth-order valence-corrected chi connectivity index (χ4v) is 1.75. The molecule has 0 bridgehead atoms. The number of hydrazone groups is 1. The van der Waals surface area contributed by atoms with Gasteiger partial charge in [0.15, 0.2) is 0 Å². The molecule has 0 saturated heterocycles. The molecule has 0 atom stereocenters. The van der Waals surface area contributed by atoms with Gasteiger partial charge >= 0.3 is 12.1 Å². The van der Waals surface area contributed by atoms with E-state index in [1.165, 1.54) is 43.7 Å². The van der Waals surface area contributed by atoms with E-state index in [0.29, 0.717) is 5.56 Å². The third kappa shape index (κ3) is 5.13. The largest absolute Gasteiger partial charge is 0.452 e. The SMILES string of the molecule is COC(=O)NN=Cc1cccc(OC(=O)c2ccc([N+](=O)[O-])cc2)c1. The summed E-state index contributed by atoms with van der Waals surface area (Å²) in [5.74, 6) is -0.401. The van der Waals surface area contributed by atoms with Crippen molar-refractivity contribution in [1.82, 2.24) is 5.43 Å². The van der Waals surface area contributed by atoms with Crippen molar-refractivity contribution in [1.29, 1.82) is 0 Å². The number of nitrogens with one attached hydrogen (secondary N) is 1. The van der Waals surface area contributed by atoms with Gasteiger partial charge in [-0.15, -0.1) is 0 Å². The van der Waals surface area contributed by atoms with E-state index in [9.17, 15) is 19.7 Å². The summed E-state index contributed by atoms with van der Waals surface area (Å²) in [5.41, 5.74) is 2.76. The molecule has 0 radical (unpaired) electrons.